The predicted octanol–water partition coefficient (Wildman–Crippen LogP) is -0.189. The van der Waals surface area contributed by atoms with Crippen LogP contribution in [-0.4, -0.2) is 57.8 Å². The molecule has 2 atom stereocenters. The Morgan fingerprint density at radius 1 is 1.39 bits per heavy atom. The third kappa shape index (κ3) is 4.27. The first-order valence-corrected chi connectivity index (χ1v) is 6.16. The zero-order valence-corrected chi connectivity index (χ0v) is 11.1. The first kappa shape index (κ1) is 14.9. The van der Waals surface area contributed by atoms with Gasteiger partial charge in [-0.05, 0) is 20.8 Å². The maximum atomic E-state index is 11.9. The molecule has 0 saturated carbocycles. The van der Waals surface area contributed by atoms with E-state index in [1.165, 1.54) is 4.90 Å². The normalized spacial score (nSPS) is 24.3. The van der Waals surface area contributed by atoms with Crippen LogP contribution in [0.15, 0.2) is 0 Å². The maximum Gasteiger partial charge on any atom is 0.326 e. The molecule has 0 radical (unpaired) electrons. The molecule has 1 aliphatic rings. The molecular weight excluding hydrogens is 236 g/mol. The molecule has 6 heteroatoms. The number of likely N-dealkylation sites (tertiary alicyclic amines) is 1. The van der Waals surface area contributed by atoms with Crippen LogP contribution in [0.4, 0.5) is 0 Å². The number of carbonyl (C=O) groups excluding carboxylic acids is 1. The topological polar surface area (TPSA) is 89.9 Å². The van der Waals surface area contributed by atoms with E-state index < -0.39 is 18.1 Å². The van der Waals surface area contributed by atoms with Crippen molar-refractivity contribution in [1.82, 2.24) is 10.2 Å². The van der Waals surface area contributed by atoms with Gasteiger partial charge < -0.3 is 20.4 Å². The van der Waals surface area contributed by atoms with Crippen molar-refractivity contribution in [3.05, 3.63) is 0 Å². The molecule has 0 bridgehead atoms. The van der Waals surface area contributed by atoms with Gasteiger partial charge in [0.2, 0.25) is 5.91 Å². The molecule has 0 aromatic carbocycles. The van der Waals surface area contributed by atoms with E-state index >= 15 is 0 Å². The largest absolute Gasteiger partial charge is 0.480 e. The molecule has 18 heavy (non-hydrogen) atoms. The molecule has 0 aromatic rings. The fourth-order valence-electron chi connectivity index (χ4n) is 2.01. The van der Waals surface area contributed by atoms with E-state index in [2.05, 4.69) is 5.32 Å². The Kier molecular flexibility index (Phi) is 4.70. The summed E-state index contributed by atoms with van der Waals surface area (Å²) >= 11 is 0. The van der Waals surface area contributed by atoms with E-state index in [-0.39, 0.29) is 30.8 Å². The predicted molar refractivity (Wildman–Crippen MR) is 66.1 cm³/mol. The number of hydrogen-bond donors (Lipinski definition) is 3. The second kappa shape index (κ2) is 5.67. The molecule has 1 heterocycles. The third-order valence-corrected chi connectivity index (χ3v) is 2.88. The minimum Gasteiger partial charge on any atom is -0.480 e. The summed E-state index contributed by atoms with van der Waals surface area (Å²) in [6, 6.07) is -0.887. The standard InChI is InChI=1S/C12H22N2O4/c1-12(2,3)13-5-4-10(16)14-7-8(15)6-9(14)11(17)18/h8-9,13,15H,4-7H2,1-3H3,(H,17,18)/t8-,9-/m0/s1. The Morgan fingerprint density at radius 3 is 2.50 bits per heavy atom. The smallest absolute Gasteiger partial charge is 0.326 e. The second-order valence-corrected chi connectivity index (χ2v) is 5.72. The van der Waals surface area contributed by atoms with E-state index in [0.29, 0.717) is 6.54 Å². The van der Waals surface area contributed by atoms with Crippen molar-refractivity contribution < 1.29 is 19.8 Å². The van der Waals surface area contributed by atoms with Gasteiger partial charge in [0.15, 0.2) is 0 Å². The zero-order valence-electron chi connectivity index (χ0n) is 11.1. The first-order valence-electron chi connectivity index (χ1n) is 6.16. The average Bonchev–Trinajstić information content (AvgIpc) is 2.58. The highest BCUT2D eigenvalue weighted by molar-refractivity contribution is 5.84. The number of β-amino-alcohol motifs (C(OH)–C–C–N with tert-alkyl or cyclic N) is 1. The van der Waals surface area contributed by atoms with Gasteiger partial charge >= 0.3 is 5.97 Å². The molecule has 0 aliphatic carbocycles. The lowest BCUT2D eigenvalue weighted by Gasteiger charge is -2.24. The van der Waals surface area contributed by atoms with Gasteiger partial charge in [-0.3, -0.25) is 4.79 Å². The van der Waals surface area contributed by atoms with Crippen LogP contribution in [0, 0.1) is 0 Å². The first-order chi connectivity index (χ1) is 8.20. The molecule has 1 rings (SSSR count). The van der Waals surface area contributed by atoms with Gasteiger partial charge in [0.05, 0.1) is 6.10 Å². The van der Waals surface area contributed by atoms with Crippen LogP contribution in [0.1, 0.15) is 33.6 Å². The number of rotatable bonds is 4. The van der Waals surface area contributed by atoms with Gasteiger partial charge in [-0.25, -0.2) is 4.79 Å². The molecule has 1 aliphatic heterocycles. The highest BCUT2D eigenvalue weighted by Gasteiger charge is 2.38. The zero-order chi connectivity index (χ0) is 13.9. The molecule has 3 N–H and O–H groups in total. The van der Waals surface area contributed by atoms with Crippen molar-refractivity contribution in [1.29, 1.82) is 0 Å². The number of amides is 1. The number of aliphatic hydroxyl groups is 1. The molecule has 0 unspecified atom stereocenters. The van der Waals surface area contributed by atoms with Gasteiger partial charge in [-0.2, -0.15) is 0 Å². The van der Waals surface area contributed by atoms with E-state index in [1.54, 1.807) is 0 Å². The number of aliphatic carboxylic acids is 1. The number of carboxylic acid groups (broad SMARTS) is 1. The minimum atomic E-state index is -1.05. The molecule has 6 nitrogen and oxygen atoms in total. The van der Waals surface area contributed by atoms with Crippen LogP contribution >= 0.6 is 0 Å². The van der Waals surface area contributed by atoms with Crippen molar-refractivity contribution in [2.45, 2.75) is 51.3 Å². The quantitative estimate of drug-likeness (QED) is 0.650. The Bertz CT molecular complexity index is 325. The molecule has 1 amide bonds. The summed E-state index contributed by atoms with van der Waals surface area (Å²) in [6.45, 7) is 6.61. The minimum absolute atomic E-state index is 0.0724. The summed E-state index contributed by atoms with van der Waals surface area (Å²) in [4.78, 5) is 24.1. The van der Waals surface area contributed by atoms with Crippen LogP contribution < -0.4 is 5.32 Å². The summed E-state index contributed by atoms with van der Waals surface area (Å²) < 4.78 is 0. The average molecular weight is 258 g/mol. The Morgan fingerprint density at radius 2 is 2.00 bits per heavy atom. The van der Waals surface area contributed by atoms with Crippen LogP contribution in [0.25, 0.3) is 0 Å². The lowest BCUT2D eigenvalue weighted by molar-refractivity contribution is -0.148. The Balaban J connectivity index is 2.48. The van der Waals surface area contributed by atoms with Crippen molar-refractivity contribution in [3.8, 4) is 0 Å². The van der Waals surface area contributed by atoms with Gasteiger partial charge in [-0.1, -0.05) is 0 Å². The number of carboxylic acids is 1. The van der Waals surface area contributed by atoms with Crippen LogP contribution in [0.2, 0.25) is 0 Å². The summed E-state index contributed by atoms with van der Waals surface area (Å²) in [7, 11) is 0. The van der Waals surface area contributed by atoms with Crippen molar-refractivity contribution in [2.75, 3.05) is 13.1 Å². The number of nitrogens with zero attached hydrogens (tertiary/aromatic N) is 1. The Hall–Kier alpha value is -1.14. The van der Waals surface area contributed by atoms with Crippen LogP contribution in [0.3, 0.4) is 0 Å². The molecule has 1 fully saturated rings. The lowest BCUT2D eigenvalue weighted by atomic mass is 10.1. The van der Waals surface area contributed by atoms with E-state index in [0.717, 1.165) is 0 Å². The third-order valence-electron chi connectivity index (χ3n) is 2.88. The molecule has 0 spiro atoms. The van der Waals surface area contributed by atoms with E-state index in [4.69, 9.17) is 5.11 Å². The summed E-state index contributed by atoms with van der Waals surface area (Å²) in [6.07, 6.45) is -0.368. The fourth-order valence-corrected chi connectivity index (χ4v) is 2.01. The van der Waals surface area contributed by atoms with Gasteiger partial charge in [-0.15, -0.1) is 0 Å². The summed E-state index contributed by atoms with van der Waals surface area (Å²) in [5.41, 5.74) is -0.0724. The van der Waals surface area contributed by atoms with Gasteiger partial charge in [0.1, 0.15) is 6.04 Å². The highest BCUT2D eigenvalue weighted by Crippen LogP contribution is 2.19. The molecule has 1 saturated heterocycles. The van der Waals surface area contributed by atoms with Gasteiger partial charge in [0.25, 0.3) is 0 Å². The van der Waals surface area contributed by atoms with Crippen molar-refractivity contribution >= 4 is 11.9 Å². The van der Waals surface area contributed by atoms with Crippen LogP contribution in [-0.2, 0) is 9.59 Å². The van der Waals surface area contributed by atoms with E-state index in [9.17, 15) is 14.7 Å². The van der Waals surface area contributed by atoms with Crippen LogP contribution in [0.5, 0.6) is 0 Å². The monoisotopic (exact) mass is 258 g/mol. The number of aliphatic hydroxyl groups excluding tert-OH is 1. The summed E-state index contributed by atoms with van der Waals surface area (Å²) in [5.74, 6) is -1.28. The summed E-state index contributed by atoms with van der Waals surface area (Å²) in [5, 5.41) is 21.6. The molecule has 104 valence electrons. The molecule has 0 aromatic heterocycles. The lowest BCUT2D eigenvalue weighted by Crippen LogP contribution is -2.43. The Labute approximate surface area is 107 Å². The second-order valence-electron chi connectivity index (χ2n) is 5.72. The SMILES string of the molecule is CC(C)(C)NCCC(=O)N1C[C@@H](O)C[C@H]1C(=O)O. The van der Waals surface area contributed by atoms with Crippen molar-refractivity contribution in [2.24, 2.45) is 0 Å². The number of hydrogen-bond acceptors (Lipinski definition) is 4. The maximum absolute atomic E-state index is 11.9. The van der Waals surface area contributed by atoms with E-state index in [1.807, 2.05) is 20.8 Å². The van der Waals surface area contributed by atoms with Crippen molar-refractivity contribution in [3.63, 3.8) is 0 Å². The highest BCUT2D eigenvalue weighted by atomic mass is 16.4. The van der Waals surface area contributed by atoms with Gasteiger partial charge in [0, 0.05) is 31.5 Å². The molecular formula is C12H22N2O4. The number of nitrogens with one attached hydrogen (secondary N) is 1. The fraction of sp³-hybridized carbons (Fsp3) is 0.833. The number of carbonyl (C=O) groups is 2.